The summed E-state index contributed by atoms with van der Waals surface area (Å²) in [4.78, 5) is 26.1. The van der Waals surface area contributed by atoms with Gasteiger partial charge in [0.15, 0.2) is 0 Å². The number of oxime groups is 1. The fraction of sp³-hybridized carbons (Fsp3) is 0.400. The van der Waals surface area contributed by atoms with Crippen LogP contribution in [-0.2, 0) is 14.4 Å². The molecule has 1 aromatic rings. The minimum Gasteiger partial charge on any atom is -0.464 e. The number of aliphatic imine (C=N–C) groups is 1. The number of ether oxygens (including phenoxy) is 1. The van der Waals surface area contributed by atoms with Crippen LogP contribution >= 0.6 is 11.3 Å². The van der Waals surface area contributed by atoms with Crippen LogP contribution in [0.4, 0.5) is 5.13 Å². The molecule has 0 bridgehead atoms. The van der Waals surface area contributed by atoms with Crippen molar-refractivity contribution in [2.75, 3.05) is 28.3 Å². The number of carbonyl (C=O) groups excluding carboxylic acids is 1. The number of aromatic nitrogens is 1. The lowest BCUT2D eigenvalue weighted by molar-refractivity contribution is -0.132. The SMILES string of the molecule is CO/N=C(\C(=O)OC)c1csc(N=CN(C)C)n1. The van der Waals surface area contributed by atoms with Gasteiger partial charge < -0.3 is 14.5 Å². The quantitative estimate of drug-likeness (QED) is 0.344. The van der Waals surface area contributed by atoms with Crippen LogP contribution in [0.25, 0.3) is 0 Å². The third-order valence-corrected chi connectivity index (χ3v) is 2.44. The van der Waals surface area contributed by atoms with Crippen LogP contribution in [0, 0.1) is 0 Å². The van der Waals surface area contributed by atoms with Crippen LogP contribution in [0.15, 0.2) is 15.5 Å². The second-order valence-corrected chi connectivity index (χ2v) is 4.17. The van der Waals surface area contributed by atoms with E-state index >= 15 is 0 Å². The van der Waals surface area contributed by atoms with Gasteiger partial charge in [-0.15, -0.1) is 11.3 Å². The Hall–Kier alpha value is -1.96. The summed E-state index contributed by atoms with van der Waals surface area (Å²) in [5.74, 6) is -0.606. The van der Waals surface area contributed by atoms with Crippen LogP contribution in [-0.4, -0.2) is 56.2 Å². The predicted octanol–water partition coefficient (Wildman–Crippen LogP) is 0.888. The Kier molecular flexibility index (Phi) is 5.25. The highest BCUT2D eigenvalue weighted by atomic mass is 32.1. The minimum atomic E-state index is -0.606. The van der Waals surface area contributed by atoms with Crippen LogP contribution < -0.4 is 0 Å². The van der Waals surface area contributed by atoms with Crippen LogP contribution in [0.1, 0.15) is 5.69 Å². The zero-order valence-electron chi connectivity index (χ0n) is 10.6. The van der Waals surface area contributed by atoms with Gasteiger partial charge in [0.05, 0.1) is 13.4 Å². The van der Waals surface area contributed by atoms with Crippen molar-refractivity contribution in [2.24, 2.45) is 10.1 Å². The number of thiazole rings is 1. The van der Waals surface area contributed by atoms with Crippen molar-refractivity contribution in [3.63, 3.8) is 0 Å². The van der Waals surface area contributed by atoms with E-state index in [-0.39, 0.29) is 5.71 Å². The Balaban J connectivity index is 2.95. The topological polar surface area (TPSA) is 76.4 Å². The predicted molar refractivity (Wildman–Crippen MR) is 69.5 cm³/mol. The standard InChI is InChI=1S/C10H14N4O3S/c1-14(2)6-11-10-12-7(5-18-10)8(13-17-4)9(15)16-3/h5-6H,1-4H3/b11-6?,13-8-. The first-order valence-electron chi connectivity index (χ1n) is 4.94. The molecule has 0 fully saturated rings. The van der Waals surface area contributed by atoms with Crippen molar-refractivity contribution in [1.82, 2.24) is 9.88 Å². The molecule has 0 amide bonds. The molecule has 0 spiro atoms. The van der Waals surface area contributed by atoms with Gasteiger partial charge in [0, 0.05) is 19.5 Å². The average molecular weight is 270 g/mol. The van der Waals surface area contributed by atoms with Gasteiger partial charge in [0.1, 0.15) is 12.8 Å². The molecular formula is C10H14N4O3S. The fourth-order valence-electron chi connectivity index (χ4n) is 0.974. The van der Waals surface area contributed by atoms with Crippen molar-refractivity contribution in [1.29, 1.82) is 0 Å². The van der Waals surface area contributed by atoms with Gasteiger partial charge >= 0.3 is 5.97 Å². The van der Waals surface area contributed by atoms with Crippen LogP contribution in [0.3, 0.4) is 0 Å². The number of methoxy groups -OCH3 is 1. The van der Waals surface area contributed by atoms with Crippen molar-refractivity contribution in [3.05, 3.63) is 11.1 Å². The maximum atomic E-state index is 11.5. The van der Waals surface area contributed by atoms with Gasteiger partial charge in [0.2, 0.25) is 10.8 Å². The van der Waals surface area contributed by atoms with Crippen LogP contribution in [0.2, 0.25) is 0 Å². The number of rotatable bonds is 5. The molecule has 0 unspecified atom stereocenters. The van der Waals surface area contributed by atoms with Gasteiger partial charge in [0.25, 0.3) is 0 Å². The second-order valence-electron chi connectivity index (χ2n) is 3.34. The highest BCUT2D eigenvalue weighted by Crippen LogP contribution is 2.19. The monoisotopic (exact) mass is 270 g/mol. The Labute approximate surface area is 109 Å². The van der Waals surface area contributed by atoms with E-state index < -0.39 is 5.97 Å². The Morgan fingerprint density at radius 2 is 2.22 bits per heavy atom. The molecule has 18 heavy (non-hydrogen) atoms. The van der Waals surface area contributed by atoms with Gasteiger partial charge in [-0.05, 0) is 0 Å². The summed E-state index contributed by atoms with van der Waals surface area (Å²) in [6.07, 6.45) is 1.62. The Bertz CT molecular complexity index is 467. The molecule has 8 heteroatoms. The molecule has 1 rings (SSSR count). The van der Waals surface area contributed by atoms with Gasteiger partial charge in [-0.25, -0.2) is 14.8 Å². The number of carbonyl (C=O) groups is 1. The number of esters is 1. The lowest BCUT2D eigenvalue weighted by Crippen LogP contribution is -2.17. The summed E-state index contributed by atoms with van der Waals surface area (Å²) in [6, 6.07) is 0. The number of hydrogen-bond acceptors (Lipinski definition) is 7. The molecule has 0 aliphatic carbocycles. The summed E-state index contributed by atoms with van der Waals surface area (Å²) in [5, 5.41) is 5.78. The molecule has 7 nitrogen and oxygen atoms in total. The molecule has 0 saturated heterocycles. The van der Waals surface area contributed by atoms with E-state index in [0.29, 0.717) is 10.8 Å². The maximum absolute atomic E-state index is 11.5. The average Bonchev–Trinajstić information content (AvgIpc) is 2.81. The number of nitrogens with zero attached hydrogens (tertiary/aromatic N) is 4. The Morgan fingerprint density at radius 3 is 2.78 bits per heavy atom. The molecule has 0 aromatic carbocycles. The summed E-state index contributed by atoms with van der Waals surface area (Å²) >= 11 is 1.29. The highest BCUT2D eigenvalue weighted by Gasteiger charge is 2.18. The van der Waals surface area contributed by atoms with E-state index in [0.717, 1.165) is 0 Å². The van der Waals surface area contributed by atoms with E-state index in [1.54, 1.807) is 16.6 Å². The van der Waals surface area contributed by atoms with E-state index in [2.05, 4.69) is 24.7 Å². The molecule has 1 heterocycles. The van der Waals surface area contributed by atoms with Crippen molar-refractivity contribution < 1.29 is 14.4 Å². The summed E-state index contributed by atoms with van der Waals surface area (Å²) in [5.41, 5.74) is 0.391. The van der Waals surface area contributed by atoms with E-state index in [9.17, 15) is 4.79 Å². The third-order valence-electron chi connectivity index (χ3n) is 1.70. The second kappa shape index (κ2) is 6.70. The van der Waals surface area contributed by atoms with Crippen molar-refractivity contribution in [3.8, 4) is 0 Å². The molecular weight excluding hydrogens is 256 g/mol. The summed E-state index contributed by atoms with van der Waals surface area (Å²) in [6.45, 7) is 0. The first-order valence-corrected chi connectivity index (χ1v) is 5.82. The largest absolute Gasteiger partial charge is 0.464 e. The minimum absolute atomic E-state index is 0.0163. The molecule has 0 atom stereocenters. The van der Waals surface area contributed by atoms with Crippen molar-refractivity contribution in [2.45, 2.75) is 0 Å². The van der Waals surface area contributed by atoms with E-state index in [1.165, 1.54) is 25.6 Å². The summed E-state index contributed by atoms with van der Waals surface area (Å²) < 4.78 is 4.60. The lowest BCUT2D eigenvalue weighted by Gasteiger charge is -2.00. The van der Waals surface area contributed by atoms with Gasteiger partial charge in [-0.1, -0.05) is 5.16 Å². The molecule has 0 N–H and O–H groups in total. The maximum Gasteiger partial charge on any atom is 0.362 e. The van der Waals surface area contributed by atoms with Gasteiger partial charge in [-0.3, -0.25) is 0 Å². The first-order chi connectivity index (χ1) is 8.58. The Morgan fingerprint density at radius 1 is 1.50 bits per heavy atom. The smallest absolute Gasteiger partial charge is 0.362 e. The first kappa shape index (κ1) is 14.1. The van der Waals surface area contributed by atoms with E-state index in [4.69, 9.17) is 0 Å². The molecule has 0 aliphatic rings. The lowest BCUT2D eigenvalue weighted by atomic mass is 10.3. The highest BCUT2D eigenvalue weighted by molar-refractivity contribution is 7.13. The molecule has 0 radical (unpaired) electrons. The van der Waals surface area contributed by atoms with Crippen molar-refractivity contribution >= 4 is 34.5 Å². The third kappa shape index (κ3) is 3.81. The van der Waals surface area contributed by atoms with E-state index in [1.807, 2.05) is 14.1 Å². The van der Waals surface area contributed by atoms with Gasteiger partial charge in [-0.2, -0.15) is 0 Å². The normalized spacial score (nSPS) is 11.7. The molecule has 0 saturated carbocycles. The number of hydrogen-bond donors (Lipinski definition) is 0. The fourth-order valence-corrected chi connectivity index (χ4v) is 1.61. The zero-order valence-corrected chi connectivity index (χ0v) is 11.4. The zero-order chi connectivity index (χ0) is 13.5. The summed E-state index contributed by atoms with van der Waals surface area (Å²) in [7, 11) is 6.32. The molecule has 98 valence electrons. The van der Waals surface area contributed by atoms with Crippen LogP contribution in [0.5, 0.6) is 0 Å². The molecule has 1 aromatic heterocycles. The molecule has 0 aliphatic heterocycles.